The lowest BCUT2D eigenvalue weighted by Gasteiger charge is -2.34. The molecule has 27 heavy (non-hydrogen) atoms. The number of aryl methyl sites for hydroxylation is 1. The summed E-state index contributed by atoms with van der Waals surface area (Å²) in [5.41, 5.74) is 2.13. The average molecular weight is 372 g/mol. The Balaban J connectivity index is 1.47. The van der Waals surface area contributed by atoms with E-state index in [4.69, 9.17) is 0 Å². The van der Waals surface area contributed by atoms with Crippen molar-refractivity contribution in [2.75, 3.05) is 59.5 Å². The van der Waals surface area contributed by atoms with Gasteiger partial charge >= 0.3 is 0 Å². The van der Waals surface area contributed by atoms with Gasteiger partial charge in [0, 0.05) is 70.6 Å². The Kier molecular flexibility index (Phi) is 5.12. The van der Waals surface area contributed by atoms with Crippen LogP contribution in [0.15, 0.2) is 18.5 Å². The van der Waals surface area contributed by atoms with Gasteiger partial charge < -0.3 is 19.8 Å². The van der Waals surface area contributed by atoms with Crippen molar-refractivity contribution in [3.05, 3.63) is 29.7 Å². The van der Waals surface area contributed by atoms with Crippen molar-refractivity contribution in [3.8, 4) is 0 Å². The number of nitrogens with zero attached hydrogens (tertiary/aromatic N) is 6. The number of hydrogen-bond acceptors (Lipinski definition) is 6. The van der Waals surface area contributed by atoms with Crippen LogP contribution in [0.25, 0.3) is 5.65 Å². The van der Waals surface area contributed by atoms with E-state index in [0.29, 0.717) is 24.6 Å². The van der Waals surface area contributed by atoms with Crippen LogP contribution in [-0.2, 0) is 0 Å². The zero-order valence-corrected chi connectivity index (χ0v) is 16.1. The number of fused-ring (bicyclic) bond motifs is 1. The lowest BCUT2D eigenvalue weighted by atomic mass is 9.96. The van der Waals surface area contributed by atoms with E-state index in [-0.39, 0.29) is 18.4 Å². The van der Waals surface area contributed by atoms with Gasteiger partial charge in [0.2, 0.25) is 0 Å². The summed E-state index contributed by atoms with van der Waals surface area (Å²) in [6, 6.07) is 1.82. The summed E-state index contributed by atoms with van der Waals surface area (Å²) in [5, 5.41) is 14.1. The maximum Gasteiger partial charge on any atom is 0.257 e. The Morgan fingerprint density at radius 2 is 1.96 bits per heavy atom. The van der Waals surface area contributed by atoms with E-state index in [2.05, 4.69) is 26.9 Å². The molecule has 2 atom stereocenters. The average Bonchev–Trinajstić information content (AvgIpc) is 3.30. The van der Waals surface area contributed by atoms with Crippen LogP contribution in [0.2, 0.25) is 0 Å². The van der Waals surface area contributed by atoms with Crippen molar-refractivity contribution in [2.45, 2.75) is 6.92 Å². The monoisotopic (exact) mass is 372 g/mol. The van der Waals surface area contributed by atoms with Crippen molar-refractivity contribution >= 4 is 11.6 Å². The van der Waals surface area contributed by atoms with Crippen molar-refractivity contribution in [2.24, 2.45) is 11.8 Å². The van der Waals surface area contributed by atoms with Gasteiger partial charge in [-0.1, -0.05) is 0 Å². The predicted octanol–water partition coefficient (Wildman–Crippen LogP) is -0.0344. The van der Waals surface area contributed by atoms with Crippen LogP contribution >= 0.6 is 0 Å². The molecule has 0 bridgehead atoms. The molecule has 0 spiro atoms. The van der Waals surface area contributed by atoms with Crippen LogP contribution in [0.3, 0.4) is 0 Å². The first-order valence-electron chi connectivity index (χ1n) is 9.67. The first kappa shape index (κ1) is 18.3. The fourth-order valence-electron chi connectivity index (χ4n) is 4.25. The van der Waals surface area contributed by atoms with Crippen LogP contribution < -0.4 is 0 Å². The first-order chi connectivity index (χ1) is 13.1. The smallest absolute Gasteiger partial charge is 0.257 e. The largest absolute Gasteiger partial charge is 0.396 e. The number of aromatic nitrogens is 3. The predicted molar refractivity (Wildman–Crippen MR) is 102 cm³/mol. The van der Waals surface area contributed by atoms with Crippen molar-refractivity contribution in [1.29, 1.82) is 0 Å². The number of carbonyl (C=O) groups excluding carboxylic acids is 1. The van der Waals surface area contributed by atoms with Gasteiger partial charge in [0.1, 0.15) is 0 Å². The zero-order chi connectivity index (χ0) is 19.0. The van der Waals surface area contributed by atoms with Gasteiger partial charge in [0.15, 0.2) is 5.65 Å². The van der Waals surface area contributed by atoms with Crippen molar-refractivity contribution in [1.82, 2.24) is 29.3 Å². The Morgan fingerprint density at radius 1 is 1.22 bits per heavy atom. The third-order valence-corrected chi connectivity index (χ3v) is 6.07. The summed E-state index contributed by atoms with van der Waals surface area (Å²) in [6.07, 6.45) is 3.34. The van der Waals surface area contributed by atoms with E-state index in [1.54, 1.807) is 16.9 Å². The fraction of sp³-hybridized carbons (Fsp3) is 0.632. The molecule has 1 amide bonds. The highest BCUT2D eigenvalue weighted by Gasteiger charge is 2.37. The minimum atomic E-state index is -0.0169. The fourth-order valence-corrected chi connectivity index (χ4v) is 4.25. The molecule has 8 nitrogen and oxygen atoms in total. The van der Waals surface area contributed by atoms with Crippen LogP contribution in [0.1, 0.15) is 16.1 Å². The number of hydrogen-bond donors (Lipinski definition) is 1. The molecular formula is C19H28N6O2. The van der Waals surface area contributed by atoms with Gasteiger partial charge in [-0.15, -0.1) is 0 Å². The summed E-state index contributed by atoms with van der Waals surface area (Å²) < 4.78 is 1.70. The van der Waals surface area contributed by atoms with E-state index in [1.807, 2.05) is 17.9 Å². The number of aliphatic hydroxyl groups is 1. The lowest BCUT2D eigenvalue weighted by Crippen LogP contribution is -2.47. The van der Waals surface area contributed by atoms with Gasteiger partial charge in [-0.25, -0.2) is 9.50 Å². The molecule has 0 aliphatic carbocycles. The number of likely N-dealkylation sites (tertiary alicyclic amines) is 1. The van der Waals surface area contributed by atoms with E-state index < -0.39 is 0 Å². The normalized spacial score (nSPS) is 24.8. The van der Waals surface area contributed by atoms with Crippen LogP contribution in [0, 0.1) is 18.8 Å². The summed E-state index contributed by atoms with van der Waals surface area (Å²) in [5.74, 6) is 0.427. The summed E-state index contributed by atoms with van der Waals surface area (Å²) in [4.78, 5) is 24.1. The van der Waals surface area contributed by atoms with E-state index in [9.17, 15) is 9.90 Å². The SMILES string of the molecule is Cc1c(C(=O)N2C[C@@H](CN3CCN(C)CC3)[C@@H](CO)C2)cnc2ccnn12. The van der Waals surface area contributed by atoms with Gasteiger partial charge in [0.05, 0.1) is 17.5 Å². The molecule has 4 rings (SSSR count). The number of aliphatic hydroxyl groups excluding tert-OH is 1. The number of likely N-dealkylation sites (N-methyl/N-ethyl adjacent to an activating group) is 1. The third kappa shape index (κ3) is 3.56. The number of carbonyl (C=O) groups is 1. The van der Waals surface area contributed by atoms with Crippen LogP contribution in [0.4, 0.5) is 0 Å². The number of piperazine rings is 1. The second-order valence-electron chi connectivity index (χ2n) is 7.88. The first-order valence-corrected chi connectivity index (χ1v) is 9.67. The number of rotatable bonds is 4. The quantitative estimate of drug-likeness (QED) is 0.812. The Morgan fingerprint density at radius 3 is 2.70 bits per heavy atom. The molecule has 0 radical (unpaired) electrons. The highest BCUT2D eigenvalue weighted by atomic mass is 16.3. The molecule has 0 saturated carbocycles. The summed E-state index contributed by atoms with van der Waals surface area (Å²) >= 11 is 0. The molecule has 4 heterocycles. The van der Waals surface area contributed by atoms with Gasteiger partial charge in [-0.05, 0) is 19.9 Å². The highest BCUT2D eigenvalue weighted by Crippen LogP contribution is 2.26. The van der Waals surface area contributed by atoms with Crippen LogP contribution in [0.5, 0.6) is 0 Å². The summed E-state index contributed by atoms with van der Waals surface area (Å²) in [7, 11) is 2.15. The van der Waals surface area contributed by atoms with Gasteiger partial charge in [0.25, 0.3) is 5.91 Å². The van der Waals surface area contributed by atoms with Crippen molar-refractivity contribution < 1.29 is 9.90 Å². The second-order valence-corrected chi connectivity index (χ2v) is 7.88. The molecule has 1 N–H and O–H groups in total. The van der Waals surface area contributed by atoms with E-state index >= 15 is 0 Å². The molecule has 2 aromatic heterocycles. The zero-order valence-electron chi connectivity index (χ0n) is 16.1. The highest BCUT2D eigenvalue weighted by molar-refractivity contribution is 5.95. The van der Waals surface area contributed by atoms with Gasteiger partial charge in [-0.2, -0.15) is 5.10 Å². The minimum absolute atomic E-state index is 0.0169. The Hall–Kier alpha value is -2.03. The number of amides is 1. The summed E-state index contributed by atoms with van der Waals surface area (Å²) in [6.45, 7) is 8.52. The maximum atomic E-state index is 13.1. The van der Waals surface area contributed by atoms with Crippen LogP contribution in [-0.4, -0.2) is 99.8 Å². The van der Waals surface area contributed by atoms with Crippen molar-refractivity contribution in [3.63, 3.8) is 0 Å². The lowest BCUT2D eigenvalue weighted by molar-refractivity contribution is 0.0775. The maximum absolute atomic E-state index is 13.1. The Labute approximate surface area is 159 Å². The molecular weight excluding hydrogens is 344 g/mol. The van der Waals surface area contributed by atoms with E-state index in [1.165, 1.54) is 0 Å². The van der Waals surface area contributed by atoms with Gasteiger partial charge in [-0.3, -0.25) is 4.79 Å². The molecule has 8 heteroatoms. The molecule has 0 aromatic carbocycles. The topological polar surface area (TPSA) is 77.2 Å². The molecule has 146 valence electrons. The third-order valence-electron chi connectivity index (χ3n) is 6.07. The molecule has 2 aliphatic heterocycles. The molecule has 0 unspecified atom stereocenters. The van der Waals surface area contributed by atoms with E-state index in [0.717, 1.165) is 44.1 Å². The standard InChI is InChI=1S/C19H28N6O2/c1-14-17(9-20-18-3-4-21-25(14)18)19(27)24-11-15(16(12-24)13-26)10-23-7-5-22(2)6-8-23/h3-4,9,15-16,26H,5-8,10-13H2,1-2H3/t15-,16-/m1/s1. The Bertz CT molecular complexity index is 814. The molecule has 2 aromatic rings. The minimum Gasteiger partial charge on any atom is -0.396 e. The molecule has 2 saturated heterocycles. The molecule has 2 fully saturated rings. The second kappa shape index (κ2) is 7.53. The molecule has 2 aliphatic rings.